The van der Waals surface area contributed by atoms with Crippen LogP contribution >= 0.6 is 23.4 Å². The van der Waals surface area contributed by atoms with E-state index in [2.05, 4.69) is 5.10 Å². The normalized spacial score (nSPS) is 10.5. The fraction of sp³-hybridized carbons (Fsp3) is 0.0588. The summed E-state index contributed by atoms with van der Waals surface area (Å²) in [7, 11) is 0. The Balaban J connectivity index is 1.87. The van der Waals surface area contributed by atoms with Gasteiger partial charge in [0.1, 0.15) is 4.90 Å². The first-order chi connectivity index (χ1) is 11.6. The summed E-state index contributed by atoms with van der Waals surface area (Å²) in [6.07, 6.45) is 0. The van der Waals surface area contributed by atoms with Crippen molar-refractivity contribution in [2.24, 2.45) is 0 Å². The lowest BCUT2D eigenvalue weighted by Gasteiger charge is -2.05. The van der Waals surface area contributed by atoms with E-state index in [1.807, 2.05) is 12.1 Å². The first kappa shape index (κ1) is 16.2. The minimum absolute atomic E-state index is 0.144. The molecule has 1 heterocycles. The van der Waals surface area contributed by atoms with Gasteiger partial charge in [0.15, 0.2) is 0 Å². The smallest absolute Gasteiger partial charge is 0.282 e. The molecule has 7 heteroatoms. The number of nitrogens with one attached hydrogen (secondary N) is 1. The molecule has 5 nitrogen and oxygen atoms in total. The lowest BCUT2D eigenvalue weighted by molar-refractivity contribution is 0.399. The van der Waals surface area contributed by atoms with Crippen LogP contribution in [-0.4, -0.2) is 14.9 Å². The van der Waals surface area contributed by atoms with Crippen LogP contribution in [0.2, 0.25) is 5.02 Å². The summed E-state index contributed by atoms with van der Waals surface area (Å²) in [5.41, 5.74) is 1.02. The zero-order valence-corrected chi connectivity index (χ0v) is 13.9. The molecular formula is C17H12ClN3O2S. The number of nitriles is 1. The number of benzene rings is 2. The first-order valence-corrected chi connectivity index (χ1v) is 8.21. The van der Waals surface area contributed by atoms with Gasteiger partial charge in [0, 0.05) is 4.90 Å². The Morgan fingerprint density at radius 2 is 1.92 bits per heavy atom. The SMILES string of the molecule is N#Cc1ccc(Cn2[nH]c(=O)c(Sc3ccccc3Cl)c2O)cc1. The van der Waals surface area contributed by atoms with Crippen molar-refractivity contribution in [2.45, 2.75) is 16.3 Å². The van der Waals surface area contributed by atoms with E-state index in [1.165, 1.54) is 4.68 Å². The maximum Gasteiger partial charge on any atom is 0.282 e. The zero-order chi connectivity index (χ0) is 17.1. The van der Waals surface area contributed by atoms with Gasteiger partial charge in [-0.1, -0.05) is 47.6 Å². The maximum absolute atomic E-state index is 12.1. The van der Waals surface area contributed by atoms with Gasteiger partial charge in [-0.15, -0.1) is 0 Å². The summed E-state index contributed by atoms with van der Waals surface area (Å²) >= 11 is 7.21. The van der Waals surface area contributed by atoms with Crippen molar-refractivity contribution in [1.82, 2.24) is 9.78 Å². The van der Waals surface area contributed by atoms with Gasteiger partial charge in [0.05, 0.1) is 23.2 Å². The minimum atomic E-state index is -0.383. The highest BCUT2D eigenvalue weighted by molar-refractivity contribution is 7.99. The Morgan fingerprint density at radius 1 is 1.21 bits per heavy atom. The molecule has 120 valence electrons. The van der Waals surface area contributed by atoms with E-state index in [4.69, 9.17) is 16.9 Å². The van der Waals surface area contributed by atoms with Gasteiger partial charge in [-0.3, -0.25) is 9.89 Å². The van der Waals surface area contributed by atoms with Crippen molar-refractivity contribution in [3.63, 3.8) is 0 Å². The third-order valence-corrected chi connectivity index (χ3v) is 4.96. The van der Waals surface area contributed by atoms with Gasteiger partial charge < -0.3 is 5.11 Å². The third-order valence-electron chi connectivity index (χ3n) is 3.37. The fourth-order valence-corrected chi connectivity index (χ4v) is 3.28. The number of aromatic hydroxyl groups is 1. The molecule has 3 aromatic rings. The summed E-state index contributed by atoms with van der Waals surface area (Å²) in [5, 5.41) is 22.3. The molecule has 0 bridgehead atoms. The van der Waals surface area contributed by atoms with Crippen LogP contribution in [0.3, 0.4) is 0 Å². The summed E-state index contributed by atoms with van der Waals surface area (Å²) in [6, 6.07) is 16.1. The molecule has 3 rings (SSSR count). The highest BCUT2D eigenvalue weighted by Crippen LogP contribution is 2.35. The average molecular weight is 358 g/mol. The third kappa shape index (κ3) is 3.32. The highest BCUT2D eigenvalue weighted by Gasteiger charge is 2.16. The van der Waals surface area contributed by atoms with Crippen molar-refractivity contribution >= 4 is 23.4 Å². The number of hydrogen-bond acceptors (Lipinski definition) is 4. The standard InChI is InChI=1S/C17H12ClN3O2S/c18-13-3-1-2-4-14(13)24-15-16(22)20-21(17(15)23)10-12-7-5-11(9-19)6-8-12/h1-8,23H,10H2,(H,20,22). The Morgan fingerprint density at radius 3 is 2.58 bits per heavy atom. The molecule has 0 unspecified atom stereocenters. The lowest BCUT2D eigenvalue weighted by Crippen LogP contribution is -2.07. The number of H-pyrrole nitrogens is 1. The van der Waals surface area contributed by atoms with E-state index in [9.17, 15) is 9.90 Å². The number of nitrogens with zero attached hydrogens (tertiary/aromatic N) is 2. The molecule has 0 fully saturated rings. The predicted molar refractivity (Wildman–Crippen MR) is 92.6 cm³/mol. The zero-order valence-electron chi connectivity index (χ0n) is 12.4. The molecule has 0 saturated heterocycles. The molecule has 0 amide bonds. The molecule has 2 N–H and O–H groups in total. The van der Waals surface area contributed by atoms with Gasteiger partial charge in [0.2, 0.25) is 5.88 Å². The summed E-state index contributed by atoms with van der Waals surface area (Å²) in [6.45, 7) is 0.288. The summed E-state index contributed by atoms with van der Waals surface area (Å²) in [5.74, 6) is -0.144. The van der Waals surface area contributed by atoms with E-state index in [-0.39, 0.29) is 22.9 Å². The van der Waals surface area contributed by atoms with Crippen molar-refractivity contribution in [1.29, 1.82) is 5.26 Å². The molecule has 2 aromatic carbocycles. The molecule has 0 spiro atoms. The van der Waals surface area contributed by atoms with Gasteiger partial charge in [0.25, 0.3) is 5.56 Å². The first-order valence-electron chi connectivity index (χ1n) is 7.01. The van der Waals surface area contributed by atoms with E-state index in [1.54, 1.807) is 42.5 Å². The van der Waals surface area contributed by atoms with Crippen LogP contribution in [0.15, 0.2) is 63.1 Å². The van der Waals surface area contributed by atoms with Gasteiger partial charge in [-0.25, -0.2) is 4.68 Å². The predicted octanol–water partition coefficient (Wildman–Crippen LogP) is 3.61. The maximum atomic E-state index is 12.1. The monoisotopic (exact) mass is 357 g/mol. The number of rotatable bonds is 4. The lowest BCUT2D eigenvalue weighted by atomic mass is 10.1. The number of halogens is 1. The molecule has 0 aliphatic rings. The van der Waals surface area contributed by atoms with Crippen molar-refractivity contribution < 1.29 is 5.11 Å². The summed E-state index contributed by atoms with van der Waals surface area (Å²) in [4.78, 5) is 13.0. The molecular weight excluding hydrogens is 346 g/mol. The van der Waals surface area contributed by atoms with Crippen LogP contribution in [0.5, 0.6) is 5.88 Å². The largest absolute Gasteiger partial charge is 0.493 e. The Hall–Kier alpha value is -2.62. The highest BCUT2D eigenvalue weighted by atomic mass is 35.5. The van der Waals surface area contributed by atoms with Crippen molar-refractivity contribution in [2.75, 3.05) is 0 Å². The van der Waals surface area contributed by atoms with Crippen molar-refractivity contribution in [3.8, 4) is 11.9 Å². The fourth-order valence-electron chi connectivity index (χ4n) is 2.16. The molecule has 24 heavy (non-hydrogen) atoms. The van der Waals surface area contributed by atoms with E-state index < -0.39 is 0 Å². The van der Waals surface area contributed by atoms with Gasteiger partial charge >= 0.3 is 0 Å². The second-order valence-corrected chi connectivity index (χ2v) is 6.48. The van der Waals surface area contributed by atoms with Crippen molar-refractivity contribution in [3.05, 3.63) is 75.0 Å². The van der Waals surface area contributed by atoms with E-state index in [0.717, 1.165) is 17.3 Å². The Labute approximate surface area is 147 Å². The molecule has 0 aliphatic heterocycles. The van der Waals surface area contributed by atoms with Crippen LogP contribution in [-0.2, 0) is 6.54 Å². The van der Waals surface area contributed by atoms with Crippen LogP contribution in [0, 0.1) is 11.3 Å². The average Bonchev–Trinajstić information content (AvgIpc) is 2.85. The number of hydrogen-bond donors (Lipinski definition) is 2. The Kier molecular flexibility index (Phi) is 4.65. The minimum Gasteiger partial charge on any atom is -0.493 e. The van der Waals surface area contributed by atoms with Gasteiger partial charge in [-0.2, -0.15) is 5.26 Å². The second-order valence-electron chi connectivity index (χ2n) is 5.02. The van der Waals surface area contributed by atoms with E-state index >= 15 is 0 Å². The molecule has 0 atom stereocenters. The molecule has 1 aromatic heterocycles. The van der Waals surface area contributed by atoms with E-state index in [0.29, 0.717) is 15.5 Å². The topological polar surface area (TPSA) is 81.8 Å². The van der Waals surface area contributed by atoms with Crippen LogP contribution in [0.4, 0.5) is 0 Å². The number of aromatic amines is 1. The second kappa shape index (κ2) is 6.87. The Bertz CT molecular complexity index is 971. The molecule has 0 radical (unpaired) electrons. The van der Waals surface area contributed by atoms with Crippen LogP contribution in [0.1, 0.15) is 11.1 Å². The molecule has 0 aliphatic carbocycles. The van der Waals surface area contributed by atoms with Crippen LogP contribution < -0.4 is 5.56 Å². The van der Waals surface area contributed by atoms with Gasteiger partial charge in [-0.05, 0) is 29.8 Å². The summed E-state index contributed by atoms with van der Waals surface area (Å²) < 4.78 is 1.36. The van der Waals surface area contributed by atoms with Crippen LogP contribution in [0.25, 0.3) is 0 Å². The quantitative estimate of drug-likeness (QED) is 0.747. The number of aromatic nitrogens is 2. The molecule has 0 saturated carbocycles.